The fourth-order valence-corrected chi connectivity index (χ4v) is 6.28. The van der Waals surface area contributed by atoms with Crippen LogP contribution in [0, 0.1) is 12.7 Å². The quantitative estimate of drug-likeness (QED) is 0.448. The molecule has 5 heterocycles. The van der Waals surface area contributed by atoms with E-state index in [0.717, 1.165) is 80.0 Å². The predicted octanol–water partition coefficient (Wildman–Crippen LogP) is 3.61. The molecule has 3 fully saturated rings. The molecule has 3 aliphatic rings. The van der Waals surface area contributed by atoms with Gasteiger partial charge in [-0.25, -0.2) is 14.4 Å². The minimum Gasteiger partial charge on any atom is -0.353 e. The summed E-state index contributed by atoms with van der Waals surface area (Å²) in [5, 5.41) is 0. The van der Waals surface area contributed by atoms with E-state index in [1.54, 1.807) is 35.1 Å². The number of carbonyl (C=O) groups is 2. The van der Waals surface area contributed by atoms with Gasteiger partial charge in [0, 0.05) is 89.7 Å². The summed E-state index contributed by atoms with van der Waals surface area (Å²) in [5.41, 5.74) is 3.20. The van der Waals surface area contributed by atoms with Gasteiger partial charge in [0.25, 0.3) is 5.91 Å². The van der Waals surface area contributed by atoms with Crippen LogP contribution >= 0.6 is 0 Å². The molecule has 0 N–H and O–H groups in total. The van der Waals surface area contributed by atoms with Gasteiger partial charge in [-0.2, -0.15) is 4.98 Å². The predicted molar refractivity (Wildman–Crippen MR) is 165 cm³/mol. The monoisotopic (exact) mass is 586 g/mol. The second kappa shape index (κ2) is 12.1. The topological polar surface area (TPSA) is 89.0 Å². The van der Waals surface area contributed by atoms with Crippen LogP contribution in [0.15, 0.2) is 42.6 Å². The molecular formula is C32H39FN8O2. The fourth-order valence-electron chi connectivity index (χ4n) is 6.28. The number of nitrogens with zero attached hydrogens (tertiary/aromatic N) is 8. The van der Waals surface area contributed by atoms with Crippen molar-refractivity contribution in [3.63, 3.8) is 0 Å². The van der Waals surface area contributed by atoms with E-state index in [1.165, 1.54) is 12.1 Å². The zero-order valence-electron chi connectivity index (χ0n) is 25.2. The molecule has 226 valence electrons. The van der Waals surface area contributed by atoms with Crippen molar-refractivity contribution in [3.05, 3.63) is 59.5 Å². The largest absolute Gasteiger partial charge is 0.353 e. The number of hydrogen-bond donors (Lipinski definition) is 0. The van der Waals surface area contributed by atoms with Crippen molar-refractivity contribution in [2.24, 2.45) is 0 Å². The number of aryl methyl sites for hydroxylation is 1. The maximum atomic E-state index is 13.6. The van der Waals surface area contributed by atoms with Crippen molar-refractivity contribution in [2.45, 2.75) is 39.7 Å². The van der Waals surface area contributed by atoms with Crippen LogP contribution < -0.4 is 14.7 Å². The van der Waals surface area contributed by atoms with Crippen molar-refractivity contribution >= 4 is 29.4 Å². The van der Waals surface area contributed by atoms with Crippen LogP contribution in [-0.4, -0.2) is 102 Å². The molecular weight excluding hydrogens is 547 g/mol. The van der Waals surface area contributed by atoms with E-state index in [0.29, 0.717) is 37.8 Å². The lowest BCUT2D eigenvalue weighted by atomic mass is 10.1. The van der Waals surface area contributed by atoms with Gasteiger partial charge in [0.2, 0.25) is 11.9 Å². The van der Waals surface area contributed by atoms with Gasteiger partial charge in [-0.05, 0) is 62.6 Å². The first-order chi connectivity index (χ1) is 20.8. The number of benzene rings is 1. The molecule has 2 amide bonds. The molecule has 1 aromatic carbocycles. The number of hydrogen-bond acceptors (Lipinski definition) is 8. The Morgan fingerprint density at radius 1 is 0.860 bits per heavy atom. The second-order valence-electron chi connectivity index (χ2n) is 11.7. The van der Waals surface area contributed by atoms with Crippen LogP contribution in [0.4, 0.5) is 22.0 Å². The van der Waals surface area contributed by atoms with Gasteiger partial charge >= 0.3 is 0 Å². The normalized spacial score (nSPS) is 19.3. The Morgan fingerprint density at radius 2 is 1.53 bits per heavy atom. The maximum absolute atomic E-state index is 13.6. The number of anilines is 3. The lowest BCUT2D eigenvalue weighted by Crippen LogP contribution is -2.50. The molecule has 2 aromatic heterocycles. The van der Waals surface area contributed by atoms with E-state index in [-0.39, 0.29) is 17.6 Å². The lowest BCUT2D eigenvalue weighted by Gasteiger charge is -2.37. The highest BCUT2D eigenvalue weighted by molar-refractivity contribution is 5.94. The molecule has 1 unspecified atom stereocenters. The summed E-state index contributed by atoms with van der Waals surface area (Å²) in [6.45, 7) is 11.9. The summed E-state index contributed by atoms with van der Waals surface area (Å²) in [6.07, 6.45) is 3.91. The number of piperazine rings is 2. The van der Waals surface area contributed by atoms with Crippen molar-refractivity contribution in [1.82, 2.24) is 24.8 Å². The Hall–Kier alpha value is -4.28. The summed E-state index contributed by atoms with van der Waals surface area (Å²) in [4.78, 5) is 49.8. The highest BCUT2D eigenvalue weighted by Crippen LogP contribution is 2.30. The number of halogens is 1. The van der Waals surface area contributed by atoms with E-state index < -0.39 is 0 Å². The minimum atomic E-state index is -0.267. The van der Waals surface area contributed by atoms with Crippen LogP contribution in [0.2, 0.25) is 0 Å². The van der Waals surface area contributed by atoms with Crippen LogP contribution in [0.5, 0.6) is 0 Å². The Labute approximate surface area is 252 Å². The van der Waals surface area contributed by atoms with E-state index >= 15 is 0 Å². The van der Waals surface area contributed by atoms with Crippen LogP contribution in [-0.2, 0) is 4.79 Å². The highest BCUT2D eigenvalue weighted by atomic mass is 19.1. The SMILES string of the molecule is CC(=O)N1CCN(C(=O)c2cnc(N3CCN(c4cc(-c5ccc(F)cc5)nc(N5CCCC5C)n4)CC3)c(C)c2)CC1. The summed E-state index contributed by atoms with van der Waals surface area (Å²) < 4.78 is 13.6. The van der Waals surface area contributed by atoms with Crippen LogP contribution in [0.1, 0.15) is 42.6 Å². The third-order valence-corrected chi connectivity index (χ3v) is 8.86. The highest BCUT2D eigenvalue weighted by Gasteiger charge is 2.28. The standard InChI is InChI=1S/C32H39FN8O2/c1-22-19-26(31(43)40-17-11-37(12-18-40)24(3)42)21-34-30(22)39-15-13-38(14-16-39)29-20-28(25-6-8-27(33)9-7-25)35-32(36-29)41-10-4-5-23(41)2/h6-9,19-21,23H,4-5,10-18H2,1-3H3. The first-order valence-electron chi connectivity index (χ1n) is 15.2. The molecule has 0 saturated carbocycles. The number of pyridine rings is 1. The minimum absolute atomic E-state index is 0.0426. The van der Waals surface area contributed by atoms with E-state index in [1.807, 2.05) is 19.1 Å². The van der Waals surface area contributed by atoms with Crippen molar-refractivity contribution < 1.29 is 14.0 Å². The third kappa shape index (κ3) is 6.11. The van der Waals surface area contributed by atoms with Gasteiger partial charge < -0.3 is 24.5 Å². The zero-order chi connectivity index (χ0) is 30.1. The van der Waals surface area contributed by atoms with Gasteiger partial charge in [0.1, 0.15) is 17.5 Å². The van der Waals surface area contributed by atoms with Crippen molar-refractivity contribution in [3.8, 4) is 11.3 Å². The average molecular weight is 587 g/mol. The summed E-state index contributed by atoms with van der Waals surface area (Å²) in [7, 11) is 0. The summed E-state index contributed by atoms with van der Waals surface area (Å²) >= 11 is 0. The number of amides is 2. The van der Waals surface area contributed by atoms with E-state index in [4.69, 9.17) is 15.0 Å². The number of aromatic nitrogens is 3. The zero-order valence-corrected chi connectivity index (χ0v) is 25.2. The molecule has 11 heteroatoms. The van der Waals surface area contributed by atoms with Crippen LogP contribution in [0.3, 0.4) is 0 Å². The average Bonchev–Trinajstić information content (AvgIpc) is 3.46. The Morgan fingerprint density at radius 3 is 2.16 bits per heavy atom. The molecule has 3 aromatic rings. The fraction of sp³-hybridized carbons (Fsp3) is 0.469. The molecule has 0 aliphatic carbocycles. The molecule has 43 heavy (non-hydrogen) atoms. The lowest BCUT2D eigenvalue weighted by molar-refractivity contribution is -0.130. The maximum Gasteiger partial charge on any atom is 0.255 e. The van der Waals surface area contributed by atoms with Gasteiger partial charge in [-0.3, -0.25) is 9.59 Å². The number of rotatable bonds is 5. The third-order valence-electron chi connectivity index (χ3n) is 8.86. The van der Waals surface area contributed by atoms with E-state index in [9.17, 15) is 14.0 Å². The Bertz CT molecular complexity index is 1480. The Balaban J connectivity index is 1.15. The smallest absolute Gasteiger partial charge is 0.255 e. The first-order valence-corrected chi connectivity index (χ1v) is 15.2. The molecule has 10 nitrogen and oxygen atoms in total. The van der Waals surface area contributed by atoms with Crippen molar-refractivity contribution in [2.75, 3.05) is 73.6 Å². The Kier molecular flexibility index (Phi) is 8.14. The first kappa shape index (κ1) is 28.8. The van der Waals surface area contributed by atoms with Crippen molar-refractivity contribution in [1.29, 1.82) is 0 Å². The molecule has 3 aliphatic heterocycles. The van der Waals surface area contributed by atoms with Crippen LogP contribution in [0.25, 0.3) is 11.3 Å². The molecule has 0 bridgehead atoms. The van der Waals surface area contributed by atoms with Gasteiger partial charge in [-0.1, -0.05) is 0 Å². The molecule has 0 spiro atoms. The van der Waals surface area contributed by atoms with Gasteiger partial charge in [0.05, 0.1) is 11.3 Å². The van der Waals surface area contributed by atoms with Gasteiger partial charge in [0.15, 0.2) is 0 Å². The number of carbonyl (C=O) groups excluding carboxylic acids is 2. The molecule has 0 radical (unpaired) electrons. The van der Waals surface area contributed by atoms with E-state index in [2.05, 4.69) is 21.6 Å². The summed E-state index contributed by atoms with van der Waals surface area (Å²) in [6, 6.07) is 10.8. The second-order valence-corrected chi connectivity index (χ2v) is 11.7. The molecule has 6 rings (SSSR count). The molecule has 1 atom stereocenters. The van der Waals surface area contributed by atoms with Gasteiger partial charge in [-0.15, -0.1) is 0 Å². The molecule has 3 saturated heterocycles. The summed E-state index contributed by atoms with van der Waals surface area (Å²) in [5.74, 6) is 2.22.